The number of nitrogens with zero attached hydrogens (tertiary/aromatic N) is 2. The fraction of sp³-hybridized carbons (Fsp3) is 0.227. The summed E-state index contributed by atoms with van der Waals surface area (Å²) in [7, 11) is 0. The summed E-state index contributed by atoms with van der Waals surface area (Å²) < 4.78 is 5.68. The first kappa shape index (κ1) is 20.6. The fourth-order valence-corrected chi connectivity index (χ4v) is 2.75. The van der Waals surface area contributed by atoms with Gasteiger partial charge in [-0.05, 0) is 54.4 Å². The molecule has 150 valence electrons. The van der Waals surface area contributed by atoms with Crippen LogP contribution in [-0.2, 0) is 0 Å². The largest absolute Gasteiger partial charge is 0.494 e. The van der Waals surface area contributed by atoms with Crippen LogP contribution in [0.25, 0.3) is 11.3 Å². The molecule has 6 nitrogen and oxygen atoms in total. The zero-order valence-corrected chi connectivity index (χ0v) is 16.9. The molecule has 1 amide bonds. The minimum Gasteiger partial charge on any atom is -0.494 e. The van der Waals surface area contributed by atoms with E-state index < -0.39 is 0 Å². The van der Waals surface area contributed by atoms with Gasteiger partial charge in [-0.25, -0.2) is 5.43 Å². The molecule has 0 aliphatic rings. The van der Waals surface area contributed by atoms with E-state index in [0.717, 1.165) is 29.9 Å². The number of carbonyl (C=O) groups excluding carboxylic acids is 1. The zero-order valence-electron chi connectivity index (χ0n) is 16.2. The van der Waals surface area contributed by atoms with Crippen LogP contribution in [0.4, 0.5) is 0 Å². The summed E-state index contributed by atoms with van der Waals surface area (Å²) in [6.07, 6.45) is 4.97. The van der Waals surface area contributed by atoms with Gasteiger partial charge in [0.15, 0.2) is 0 Å². The van der Waals surface area contributed by atoms with E-state index in [0.29, 0.717) is 16.4 Å². The van der Waals surface area contributed by atoms with E-state index >= 15 is 0 Å². The summed E-state index contributed by atoms with van der Waals surface area (Å²) in [5, 5.41) is 11.5. The van der Waals surface area contributed by atoms with Crippen LogP contribution in [0.1, 0.15) is 42.2 Å². The molecule has 0 aliphatic carbocycles. The van der Waals surface area contributed by atoms with Gasteiger partial charge in [0.2, 0.25) is 0 Å². The van der Waals surface area contributed by atoms with E-state index in [4.69, 9.17) is 16.3 Å². The number of aromatic nitrogens is 2. The summed E-state index contributed by atoms with van der Waals surface area (Å²) in [4.78, 5) is 12.2. The lowest BCUT2D eigenvalue weighted by Crippen LogP contribution is -2.17. The van der Waals surface area contributed by atoms with Crippen LogP contribution in [0.2, 0.25) is 5.02 Å². The van der Waals surface area contributed by atoms with E-state index in [1.54, 1.807) is 24.4 Å². The van der Waals surface area contributed by atoms with E-state index in [2.05, 4.69) is 27.6 Å². The molecule has 0 bridgehead atoms. The van der Waals surface area contributed by atoms with Gasteiger partial charge in [0.05, 0.1) is 18.5 Å². The predicted octanol–water partition coefficient (Wildman–Crippen LogP) is 5.06. The van der Waals surface area contributed by atoms with Crippen LogP contribution in [0.3, 0.4) is 0 Å². The number of hydrogen-bond acceptors (Lipinski definition) is 4. The number of hydrogen-bond donors (Lipinski definition) is 2. The van der Waals surface area contributed by atoms with Crippen molar-refractivity contribution in [3.05, 3.63) is 70.9 Å². The van der Waals surface area contributed by atoms with Gasteiger partial charge in [0.1, 0.15) is 11.4 Å². The molecule has 1 heterocycles. The average Bonchev–Trinajstić information content (AvgIpc) is 3.23. The van der Waals surface area contributed by atoms with Gasteiger partial charge in [-0.1, -0.05) is 43.5 Å². The van der Waals surface area contributed by atoms with Gasteiger partial charge in [0, 0.05) is 10.6 Å². The normalized spacial score (nSPS) is 11.0. The topological polar surface area (TPSA) is 79.4 Å². The monoisotopic (exact) mass is 410 g/mol. The highest BCUT2D eigenvalue weighted by molar-refractivity contribution is 6.30. The van der Waals surface area contributed by atoms with Crippen LogP contribution in [0.5, 0.6) is 5.75 Å². The van der Waals surface area contributed by atoms with Crippen LogP contribution >= 0.6 is 11.6 Å². The number of hydrazone groups is 1. The van der Waals surface area contributed by atoms with Gasteiger partial charge in [-0.2, -0.15) is 10.2 Å². The number of aromatic amines is 1. The summed E-state index contributed by atoms with van der Waals surface area (Å²) in [6.45, 7) is 2.89. The van der Waals surface area contributed by atoms with Gasteiger partial charge in [0.25, 0.3) is 5.91 Å². The summed E-state index contributed by atoms with van der Waals surface area (Å²) in [6, 6.07) is 16.5. The zero-order chi connectivity index (χ0) is 20.5. The first-order chi connectivity index (χ1) is 14.2. The Kier molecular flexibility index (Phi) is 7.41. The number of amides is 1. The van der Waals surface area contributed by atoms with Crippen LogP contribution in [0.15, 0.2) is 59.7 Å². The number of H-pyrrole nitrogens is 1. The lowest BCUT2D eigenvalue weighted by molar-refractivity contribution is 0.0950. The molecule has 1 aromatic heterocycles. The highest BCUT2D eigenvalue weighted by Gasteiger charge is 2.10. The molecule has 0 radical (unpaired) electrons. The van der Waals surface area contributed by atoms with Crippen molar-refractivity contribution in [1.82, 2.24) is 15.6 Å². The number of ether oxygens (including phenoxy) is 1. The summed E-state index contributed by atoms with van der Waals surface area (Å²) >= 11 is 5.89. The first-order valence-electron chi connectivity index (χ1n) is 9.53. The minimum absolute atomic E-state index is 0.322. The van der Waals surface area contributed by atoms with Crippen molar-refractivity contribution in [2.45, 2.75) is 26.2 Å². The molecule has 7 heteroatoms. The second-order valence-corrected chi connectivity index (χ2v) is 6.93. The van der Waals surface area contributed by atoms with Crippen molar-refractivity contribution >= 4 is 23.7 Å². The number of benzene rings is 2. The number of carbonyl (C=O) groups is 1. The number of halogens is 1. The first-order valence-corrected chi connectivity index (χ1v) is 9.91. The van der Waals surface area contributed by atoms with Crippen LogP contribution < -0.4 is 10.2 Å². The molecule has 29 heavy (non-hydrogen) atoms. The molecule has 2 aromatic carbocycles. The molecule has 0 unspecified atom stereocenters. The standard InChI is InChI=1S/C22H23ClN4O2/c1-2-3-4-13-29-19-11-5-16(6-12-19)15-24-27-22(28)21-14-20(25-26-21)17-7-9-18(23)10-8-17/h5-12,14-15H,2-4,13H2,1H3,(H,25,26)(H,27,28)/b24-15+. The minimum atomic E-state index is -0.371. The van der Waals surface area contributed by atoms with Crippen molar-refractivity contribution < 1.29 is 9.53 Å². The van der Waals surface area contributed by atoms with Gasteiger partial charge in [-0.15, -0.1) is 0 Å². The van der Waals surface area contributed by atoms with E-state index in [1.165, 1.54) is 12.8 Å². The summed E-state index contributed by atoms with van der Waals surface area (Å²) in [5.41, 5.74) is 5.20. The van der Waals surface area contributed by atoms with Crippen molar-refractivity contribution in [2.24, 2.45) is 5.10 Å². The molecule has 3 aromatic rings. The van der Waals surface area contributed by atoms with E-state index in [1.807, 2.05) is 36.4 Å². The molecule has 0 aliphatic heterocycles. The molecule has 0 spiro atoms. The number of unbranched alkanes of at least 4 members (excludes halogenated alkanes) is 2. The second kappa shape index (κ2) is 10.4. The Labute approximate surface area is 174 Å². The molecular weight excluding hydrogens is 388 g/mol. The van der Waals surface area contributed by atoms with E-state index in [-0.39, 0.29) is 5.91 Å². The van der Waals surface area contributed by atoms with E-state index in [9.17, 15) is 4.79 Å². The Hall–Kier alpha value is -3.12. The van der Waals surface area contributed by atoms with Gasteiger partial charge in [-0.3, -0.25) is 9.89 Å². The maximum absolute atomic E-state index is 12.2. The third-order valence-corrected chi connectivity index (χ3v) is 4.49. The molecule has 0 saturated carbocycles. The Bertz CT molecular complexity index is 950. The molecule has 2 N–H and O–H groups in total. The van der Waals surface area contributed by atoms with Gasteiger partial charge < -0.3 is 4.74 Å². The smallest absolute Gasteiger partial charge is 0.289 e. The highest BCUT2D eigenvalue weighted by atomic mass is 35.5. The molecule has 0 fully saturated rings. The Morgan fingerprint density at radius 1 is 1.17 bits per heavy atom. The quantitative estimate of drug-likeness (QED) is 0.294. The Morgan fingerprint density at radius 2 is 1.93 bits per heavy atom. The Balaban J connectivity index is 1.51. The Morgan fingerprint density at radius 3 is 2.66 bits per heavy atom. The SMILES string of the molecule is CCCCCOc1ccc(/C=N/NC(=O)c2cc(-c3ccc(Cl)cc3)n[nH]2)cc1. The van der Waals surface area contributed by atoms with Gasteiger partial charge >= 0.3 is 0 Å². The molecule has 0 atom stereocenters. The van der Waals surface area contributed by atoms with Crippen molar-refractivity contribution in [1.29, 1.82) is 0 Å². The highest BCUT2D eigenvalue weighted by Crippen LogP contribution is 2.20. The van der Waals surface area contributed by atoms with Crippen molar-refractivity contribution in [3.8, 4) is 17.0 Å². The number of rotatable bonds is 9. The second-order valence-electron chi connectivity index (χ2n) is 6.50. The molecule has 3 rings (SSSR count). The third-order valence-electron chi connectivity index (χ3n) is 4.24. The average molecular weight is 411 g/mol. The molecular formula is C22H23ClN4O2. The number of nitrogens with one attached hydrogen (secondary N) is 2. The van der Waals surface area contributed by atoms with Crippen LogP contribution in [0, 0.1) is 0 Å². The van der Waals surface area contributed by atoms with Crippen LogP contribution in [-0.4, -0.2) is 28.9 Å². The van der Waals surface area contributed by atoms with Crippen molar-refractivity contribution in [3.63, 3.8) is 0 Å². The third kappa shape index (κ3) is 6.19. The molecule has 0 saturated heterocycles. The fourth-order valence-electron chi connectivity index (χ4n) is 2.62. The summed E-state index contributed by atoms with van der Waals surface area (Å²) in [5.74, 6) is 0.458. The van der Waals surface area contributed by atoms with Crippen molar-refractivity contribution in [2.75, 3.05) is 6.61 Å². The maximum atomic E-state index is 12.2. The lowest BCUT2D eigenvalue weighted by atomic mass is 10.1. The predicted molar refractivity (Wildman–Crippen MR) is 116 cm³/mol. The maximum Gasteiger partial charge on any atom is 0.289 e. The lowest BCUT2D eigenvalue weighted by Gasteiger charge is -2.05.